The number of ether oxygens (including phenoxy) is 2. The Morgan fingerprint density at radius 1 is 1.17 bits per heavy atom. The topological polar surface area (TPSA) is 102 Å². The minimum Gasteiger partial charge on any atom is -0.493 e. The third-order valence-electron chi connectivity index (χ3n) is 5.92. The fraction of sp³-hybridized carbons (Fsp3) is 0.455. The van der Waals surface area contributed by atoms with Gasteiger partial charge in [-0.3, -0.25) is 4.79 Å². The number of aromatic amines is 1. The van der Waals surface area contributed by atoms with Gasteiger partial charge in [-0.05, 0) is 43.7 Å². The van der Waals surface area contributed by atoms with E-state index in [1.165, 1.54) is 0 Å². The van der Waals surface area contributed by atoms with Crippen molar-refractivity contribution >= 4 is 27.7 Å². The van der Waals surface area contributed by atoms with Crippen LogP contribution < -0.4 is 20.5 Å². The first kappa shape index (κ1) is 19.5. The molecular weight excluding hydrogens is 368 g/mol. The van der Waals surface area contributed by atoms with E-state index in [0.717, 1.165) is 53.1 Å². The number of carbonyl (C=O) groups is 1. The highest BCUT2D eigenvalue weighted by Gasteiger charge is 2.24. The first-order chi connectivity index (χ1) is 14.0. The number of aromatic nitrogens is 2. The number of hydrogen-bond acceptors (Lipinski definition) is 5. The molecule has 1 amide bonds. The molecule has 1 aliphatic rings. The van der Waals surface area contributed by atoms with Crippen molar-refractivity contribution in [3.05, 3.63) is 29.6 Å². The molecule has 29 heavy (non-hydrogen) atoms. The number of hydrogen-bond donors (Lipinski definition) is 3. The van der Waals surface area contributed by atoms with Crippen LogP contribution in [0, 0.1) is 0 Å². The second-order valence-corrected chi connectivity index (χ2v) is 7.69. The van der Waals surface area contributed by atoms with Gasteiger partial charge in [0, 0.05) is 28.9 Å². The van der Waals surface area contributed by atoms with Crippen LogP contribution >= 0.6 is 0 Å². The minimum absolute atomic E-state index is 0.112. The molecular formula is C22H28N4O3. The lowest BCUT2D eigenvalue weighted by Gasteiger charge is -2.26. The number of rotatable bonds is 5. The van der Waals surface area contributed by atoms with Crippen molar-refractivity contribution in [3.63, 3.8) is 0 Å². The Kier molecular flexibility index (Phi) is 5.32. The van der Waals surface area contributed by atoms with Crippen LogP contribution in [0.2, 0.25) is 0 Å². The van der Waals surface area contributed by atoms with Gasteiger partial charge in [-0.1, -0.05) is 6.92 Å². The van der Waals surface area contributed by atoms with E-state index in [9.17, 15) is 4.79 Å². The summed E-state index contributed by atoms with van der Waals surface area (Å²) in [6, 6.07) is 4.29. The Bertz CT molecular complexity index is 1050. The lowest BCUT2D eigenvalue weighted by Crippen LogP contribution is -2.41. The molecule has 154 valence electrons. The number of nitrogens with one attached hydrogen (secondary N) is 2. The van der Waals surface area contributed by atoms with Crippen LogP contribution in [0.4, 0.5) is 0 Å². The number of fused-ring (bicyclic) bond motifs is 3. The lowest BCUT2D eigenvalue weighted by atomic mass is 9.91. The highest BCUT2D eigenvalue weighted by Crippen LogP contribution is 2.37. The second-order valence-electron chi connectivity index (χ2n) is 7.69. The van der Waals surface area contributed by atoms with Crippen LogP contribution in [0.15, 0.2) is 18.3 Å². The maximum absolute atomic E-state index is 13.0. The smallest absolute Gasteiger partial charge is 0.270 e. The van der Waals surface area contributed by atoms with Crippen molar-refractivity contribution in [1.29, 1.82) is 0 Å². The van der Waals surface area contributed by atoms with Crippen LogP contribution in [0.1, 0.15) is 48.7 Å². The summed E-state index contributed by atoms with van der Waals surface area (Å²) >= 11 is 0. The molecule has 1 fully saturated rings. The zero-order valence-corrected chi connectivity index (χ0v) is 17.2. The fourth-order valence-electron chi connectivity index (χ4n) is 4.35. The van der Waals surface area contributed by atoms with Gasteiger partial charge in [-0.2, -0.15) is 0 Å². The Hall–Kier alpha value is -2.80. The van der Waals surface area contributed by atoms with Crippen LogP contribution in [0.25, 0.3) is 21.8 Å². The van der Waals surface area contributed by atoms with Crippen molar-refractivity contribution in [3.8, 4) is 11.5 Å². The third-order valence-corrected chi connectivity index (χ3v) is 5.92. The SMILES string of the molecule is CCc1c(C(=O)N[C@H]2CC[C@@H](N)CC2)ncc2[nH]c3cc(OC)c(OC)cc3c12. The van der Waals surface area contributed by atoms with E-state index in [1.807, 2.05) is 19.1 Å². The monoisotopic (exact) mass is 396 g/mol. The molecule has 2 heterocycles. The lowest BCUT2D eigenvalue weighted by molar-refractivity contribution is 0.0920. The molecule has 0 bridgehead atoms. The largest absolute Gasteiger partial charge is 0.493 e. The highest BCUT2D eigenvalue weighted by atomic mass is 16.5. The normalized spacial score (nSPS) is 19.4. The van der Waals surface area contributed by atoms with E-state index < -0.39 is 0 Å². The molecule has 7 nitrogen and oxygen atoms in total. The van der Waals surface area contributed by atoms with Crippen LogP contribution in [0.5, 0.6) is 11.5 Å². The predicted molar refractivity (Wildman–Crippen MR) is 114 cm³/mol. The molecule has 0 unspecified atom stereocenters. The summed E-state index contributed by atoms with van der Waals surface area (Å²) in [5, 5.41) is 5.17. The Morgan fingerprint density at radius 2 is 1.86 bits per heavy atom. The number of H-pyrrole nitrogens is 1. The van der Waals surface area contributed by atoms with Crippen LogP contribution in [-0.4, -0.2) is 42.2 Å². The number of amides is 1. The summed E-state index contributed by atoms with van der Waals surface area (Å²) in [6.45, 7) is 2.05. The highest BCUT2D eigenvalue weighted by molar-refractivity contribution is 6.12. The van der Waals surface area contributed by atoms with Gasteiger partial charge in [0.25, 0.3) is 5.91 Å². The van der Waals surface area contributed by atoms with Crippen LogP contribution in [-0.2, 0) is 6.42 Å². The van der Waals surface area contributed by atoms with Gasteiger partial charge in [-0.15, -0.1) is 0 Å². The van der Waals surface area contributed by atoms with Crippen molar-refractivity contribution in [1.82, 2.24) is 15.3 Å². The Labute approximate surface area is 170 Å². The molecule has 0 spiro atoms. The summed E-state index contributed by atoms with van der Waals surface area (Å²) in [6.07, 6.45) is 6.16. The molecule has 0 atom stereocenters. The van der Waals surface area contributed by atoms with Crippen molar-refractivity contribution in [2.75, 3.05) is 14.2 Å². The number of benzene rings is 1. The van der Waals surface area contributed by atoms with Gasteiger partial charge in [-0.25, -0.2) is 4.98 Å². The van der Waals surface area contributed by atoms with Gasteiger partial charge >= 0.3 is 0 Å². The van der Waals surface area contributed by atoms with Crippen molar-refractivity contribution in [2.24, 2.45) is 5.73 Å². The number of pyridine rings is 1. The quantitative estimate of drug-likeness (QED) is 0.614. The summed E-state index contributed by atoms with van der Waals surface area (Å²) < 4.78 is 10.9. The van der Waals surface area contributed by atoms with Gasteiger partial charge in [0.05, 0.1) is 31.4 Å². The summed E-state index contributed by atoms with van der Waals surface area (Å²) in [4.78, 5) is 20.9. The molecule has 1 aliphatic carbocycles. The van der Waals surface area contributed by atoms with Gasteiger partial charge in [0.2, 0.25) is 0 Å². The van der Waals surface area contributed by atoms with E-state index in [0.29, 0.717) is 23.6 Å². The van der Waals surface area contributed by atoms with E-state index in [-0.39, 0.29) is 18.0 Å². The molecule has 4 N–H and O–H groups in total. The van der Waals surface area contributed by atoms with E-state index in [4.69, 9.17) is 15.2 Å². The van der Waals surface area contributed by atoms with Crippen molar-refractivity contribution < 1.29 is 14.3 Å². The Morgan fingerprint density at radius 3 is 2.52 bits per heavy atom. The maximum atomic E-state index is 13.0. The van der Waals surface area contributed by atoms with E-state index in [1.54, 1.807) is 20.4 Å². The zero-order valence-electron chi connectivity index (χ0n) is 17.2. The van der Waals surface area contributed by atoms with E-state index >= 15 is 0 Å². The zero-order chi connectivity index (χ0) is 20.5. The van der Waals surface area contributed by atoms with Gasteiger partial charge < -0.3 is 25.5 Å². The summed E-state index contributed by atoms with van der Waals surface area (Å²) in [7, 11) is 3.24. The number of methoxy groups -OCH3 is 2. The fourth-order valence-corrected chi connectivity index (χ4v) is 4.35. The molecule has 3 aromatic rings. The molecule has 2 aromatic heterocycles. The maximum Gasteiger partial charge on any atom is 0.270 e. The average Bonchev–Trinajstić information content (AvgIpc) is 3.10. The number of aryl methyl sites for hydroxylation is 1. The van der Waals surface area contributed by atoms with Crippen molar-refractivity contribution in [2.45, 2.75) is 51.1 Å². The number of nitrogens with zero attached hydrogens (tertiary/aromatic N) is 1. The molecule has 1 saturated carbocycles. The summed E-state index contributed by atoms with van der Waals surface area (Å²) in [5.74, 6) is 1.20. The minimum atomic E-state index is -0.112. The number of carbonyl (C=O) groups excluding carboxylic acids is 1. The molecule has 1 aromatic carbocycles. The predicted octanol–water partition coefficient (Wildman–Crippen LogP) is 3.30. The van der Waals surface area contributed by atoms with Gasteiger partial charge in [0.15, 0.2) is 11.5 Å². The second kappa shape index (κ2) is 7.91. The summed E-state index contributed by atoms with van der Waals surface area (Å²) in [5.41, 5.74) is 9.23. The first-order valence-corrected chi connectivity index (χ1v) is 10.2. The molecule has 7 heteroatoms. The molecule has 4 rings (SSSR count). The first-order valence-electron chi connectivity index (χ1n) is 10.2. The molecule has 0 radical (unpaired) electrons. The standard InChI is InChI=1S/C22H28N4O3/c1-4-14-20-15-9-18(28-2)19(29-3)10-16(15)26-17(20)11-24-21(14)22(27)25-13-7-5-12(23)6-8-13/h9-13,26H,4-8,23H2,1-3H3,(H,25,27)/t12-,13+. The molecule has 0 aliphatic heterocycles. The van der Waals surface area contributed by atoms with Gasteiger partial charge in [0.1, 0.15) is 5.69 Å². The molecule has 0 saturated heterocycles. The van der Waals surface area contributed by atoms with Crippen LogP contribution in [0.3, 0.4) is 0 Å². The third kappa shape index (κ3) is 3.51. The van der Waals surface area contributed by atoms with E-state index in [2.05, 4.69) is 15.3 Å². The Balaban J connectivity index is 1.77. The average molecular weight is 396 g/mol. The number of nitrogens with two attached hydrogens (primary N) is 1.